The van der Waals surface area contributed by atoms with Crippen LogP contribution in [-0.4, -0.2) is 23.6 Å². The van der Waals surface area contributed by atoms with Crippen LogP contribution >= 0.6 is 0 Å². The molecule has 3 aromatic rings. The van der Waals surface area contributed by atoms with Crippen molar-refractivity contribution >= 4 is 32.0 Å². The third kappa shape index (κ3) is 1.43. The fraction of sp³-hybridized carbons (Fsp3) is 0.0833. The van der Waals surface area contributed by atoms with Gasteiger partial charge in [0, 0.05) is 17.0 Å². The molecular weight excluding hydrogens is 236 g/mol. The molecule has 0 radical (unpaired) electrons. The summed E-state index contributed by atoms with van der Waals surface area (Å²) >= 11 is 0. The number of pyridine rings is 1. The summed E-state index contributed by atoms with van der Waals surface area (Å²) in [7, 11) is -3.36. The fourth-order valence-electron chi connectivity index (χ4n) is 2.10. The molecule has 4 nitrogen and oxygen atoms in total. The summed E-state index contributed by atoms with van der Waals surface area (Å²) in [4.78, 5) is 4.17. The van der Waals surface area contributed by atoms with Gasteiger partial charge in [-0.25, -0.2) is 17.4 Å². The molecule has 5 heteroatoms. The van der Waals surface area contributed by atoms with Gasteiger partial charge in [-0.3, -0.25) is 0 Å². The highest BCUT2D eigenvalue weighted by Crippen LogP contribution is 2.28. The summed E-state index contributed by atoms with van der Waals surface area (Å²) < 4.78 is 25.0. The van der Waals surface area contributed by atoms with Crippen LogP contribution in [0.1, 0.15) is 0 Å². The summed E-state index contributed by atoms with van der Waals surface area (Å²) in [5.74, 6) is 0. The number of nitrogens with zero attached hydrogens (tertiary/aromatic N) is 2. The molecule has 2 aromatic heterocycles. The molecule has 17 heavy (non-hydrogen) atoms. The number of rotatable bonds is 1. The van der Waals surface area contributed by atoms with Crippen molar-refractivity contribution in [1.82, 2.24) is 8.96 Å². The first-order valence-electron chi connectivity index (χ1n) is 5.14. The summed E-state index contributed by atoms with van der Waals surface area (Å²) in [6, 6.07) is 11.1. The Morgan fingerprint density at radius 1 is 1.06 bits per heavy atom. The average Bonchev–Trinajstić information content (AvgIpc) is 2.63. The molecule has 86 valence electrons. The van der Waals surface area contributed by atoms with Crippen molar-refractivity contribution in [2.75, 3.05) is 6.26 Å². The fourth-order valence-corrected chi connectivity index (χ4v) is 3.07. The molecule has 1 aromatic carbocycles. The minimum Gasteiger partial charge on any atom is -0.237 e. The lowest BCUT2D eigenvalue weighted by Crippen LogP contribution is -2.09. The van der Waals surface area contributed by atoms with E-state index in [4.69, 9.17) is 0 Å². The highest BCUT2D eigenvalue weighted by Gasteiger charge is 2.16. The third-order valence-electron chi connectivity index (χ3n) is 2.72. The van der Waals surface area contributed by atoms with Crippen molar-refractivity contribution in [2.24, 2.45) is 0 Å². The number of fused-ring (bicyclic) bond motifs is 3. The van der Waals surface area contributed by atoms with Gasteiger partial charge in [0.25, 0.3) is 0 Å². The maximum Gasteiger partial charge on any atom is 0.237 e. The lowest BCUT2D eigenvalue weighted by atomic mass is 10.2. The van der Waals surface area contributed by atoms with Crippen LogP contribution in [0.3, 0.4) is 0 Å². The number of hydrogen-bond donors (Lipinski definition) is 0. The van der Waals surface area contributed by atoms with E-state index in [1.807, 2.05) is 24.3 Å². The zero-order valence-corrected chi connectivity index (χ0v) is 9.98. The first-order chi connectivity index (χ1) is 8.09. The molecule has 3 rings (SSSR count). The van der Waals surface area contributed by atoms with Gasteiger partial charge < -0.3 is 0 Å². The Labute approximate surface area is 98.6 Å². The number of hydrogen-bond acceptors (Lipinski definition) is 3. The standard InChI is InChI=1S/C12H10N2O2S/c1-17(15,16)14-11-7-3-2-5-9(11)10-6-4-8-13-12(10)14/h2-8H,1H3. The summed E-state index contributed by atoms with van der Waals surface area (Å²) in [5, 5.41) is 1.76. The van der Waals surface area contributed by atoms with Gasteiger partial charge in [0.15, 0.2) is 5.65 Å². The molecule has 0 saturated heterocycles. The van der Waals surface area contributed by atoms with E-state index in [0.29, 0.717) is 11.2 Å². The highest BCUT2D eigenvalue weighted by molar-refractivity contribution is 7.89. The Morgan fingerprint density at radius 3 is 2.53 bits per heavy atom. The predicted octanol–water partition coefficient (Wildman–Crippen LogP) is 2.00. The van der Waals surface area contributed by atoms with Gasteiger partial charge in [0.1, 0.15) is 0 Å². The smallest absolute Gasteiger partial charge is 0.237 e. The van der Waals surface area contributed by atoms with Crippen LogP contribution < -0.4 is 0 Å². The van der Waals surface area contributed by atoms with Gasteiger partial charge >= 0.3 is 0 Å². The van der Waals surface area contributed by atoms with E-state index in [1.54, 1.807) is 18.3 Å². The Hall–Kier alpha value is -1.88. The summed E-state index contributed by atoms with van der Waals surface area (Å²) in [6.45, 7) is 0. The first-order valence-corrected chi connectivity index (χ1v) is 6.98. The predicted molar refractivity (Wildman–Crippen MR) is 67.5 cm³/mol. The van der Waals surface area contributed by atoms with E-state index in [0.717, 1.165) is 10.8 Å². The minimum atomic E-state index is -3.36. The maximum atomic E-state index is 11.8. The lowest BCUT2D eigenvalue weighted by molar-refractivity contribution is 0.596. The molecule has 0 aliphatic rings. The molecule has 2 heterocycles. The van der Waals surface area contributed by atoms with Crippen molar-refractivity contribution in [3.8, 4) is 0 Å². The summed E-state index contributed by atoms with van der Waals surface area (Å²) in [6.07, 6.45) is 2.79. The maximum absolute atomic E-state index is 11.8. The van der Waals surface area contributed by atoms with Gasteiger partial charge in [-0.05, 0) is 18.2 Å². The zero-order chi connectivity index (χ0) is 12.0. The molecule has 0 fully saturated rings. The molecule has 0 unspecified atom stereocenters. The van der Waals surface area contributed by atoms with Crippen LogP contribution in [0.5, 0.6) is 0 Å². The molecule has 0 spiro atoms. The molecule has 0 N–H and O–H groups in total. The van der Waals surface area contributed by atoms with Crippen molar-refractivity contribution in [1.29, 1.82) is 0 Å². The van der Waals surface area contributed by atoms with E-state index in [-0.39, 0.29) is 0 Å². The molecule has 0 aliphatic heterocycles. The lowest BCUT2D eigenvalue weighted by Gasteiger charge is -2.02. The van der Waals surface area contributed by atoms with E-state index in [9.17, 15) is 8.42 Å². The largest absolute Gasteiger partial charge is 0.237 e. The van der Waals surface area contributed by atoms with Crippen LogP contribution in [0.4, 0.5) is 0 Å². The average molecular weight is 246 g/mol. The van der Waals surface area contributed by atoms with E-state index in [1.165, 1.54) is 10.2 Å². The van der Waals surface area contributed by atoms with Crippen LogP contribution in [0, 0.1) is 0 Å². The quantitative estimate of drug-likeness (QED) is 0.660. The van der Waals surface area contributed by atoms with Crippen LogP contribution in [0.15, 0.2) is 42.6 Å². The summed E-state index contributed by atoms with van der Waals surface area (Å²) in [5.41, 5.74) is 1.15. The number of para-hydroxylation sites is 1. The Balaban J connectivity index is 2.70. The van der Waals surface area contributed by atoms with Crippen LogP contribution in [-0.2, 0) is 10.0 Å². The second-order valence-electron chi connectivity index (χ2n) is 3.92. The van der Waals surface area contributed by atoms with Gasteiger partial charge in [0.2, 0.25) is 10.0 Å². The van der Waals surface area contributed by atoms with Crippen molar-refractivity contribution in [3.63, 3.8) is 0 Å². The van der Waals surface area contributed by atoms with Crippen LogP contribution in [0.2, 0.25) is 0 Å². The van der Waals surface area contributed by atoms with Crippen molar-refractivity contribution in [3.05, 3.63) is 42.6 Å². The van der Waals surface area contributed by atoms with Crippen molar-refractivity contribution in [2.45, 2.75) is 0 Å². The SMILES string of the molecule is CS(=O)(=O)n1c2ccccc2c2cccnc21. The second-order valence-corrected chi connectivity index (χ2v) is 5.75. The number of aromatic nitrogens is 2. The molecule has 0 bridgehead atoms. The Kier molecular flexibility index (Phi) is 2.00. The van der Waals surface area contributed by atoms with Gasteiger partial charge in [-0.15, -0.1) is 0 Å². The zero-order valence-electron chi connectivity index (χ0n) is 9.16. The Morgan fingerprint density at radius 2 is 1.76 bits per heavy atom. The minimum absolute atomic E-state index is 0.483. The van der Waals surface area contributed by atoms with Gasteiger partial charge in [0.05, 0.1) is 11.8 Å². The molecular formula is C12H10N2O2S. The molecule has 0 amide bonds. The highest BCUT2D eigenvalue weighted by atomic mass is 32.2. The van der Waals surface area contributed by atoms with Crippen molar-refractivity contribution < 1.29 is 8.42 Å². The monoisotopic (exact) mass is 246 g/mol. The molecule has 0 atom stereocenters. The Bertz CT molecular complexity index is 766. The van der Waals surface area contributed by atoms with Gasteiger partial charge in [-0.1, -0.05) is 18.2 Å². The molecule has 0 saturated carbocycles. The first kappa shape index (κ1) is 10.3. The van der Waals surface area contributed by atoms with E-state index < -0.39 is 10.0 Å². The van der Waals surface area contributed by atoms with Crippen LogP contribution in [0.25, 0.3) is 21.9 Å². The third-order valence-corrected chi connectivity index (χ3v) is 3.76. The van der Waals surface area contributed by atoms with Gasteiger partial charge in [-0.2, -0.15) is 0 Å². The normalized spacial score (nSPS) is 12.3. The second kappa shape index (κ2) is 3.30. The molecule has 0 aliphatic carbocycles. The van der Waals surface area contributed by atoms with E-state index >= 15 is 0 Å². The number of benzene rings is 1. The van der Waals surface area contributed by atoms with E-state index in [2.05, 4.69) is 4.98 Å². The topological polar surface area (TPSA) is 52.0 Å².